The van der Waals surface area contributed by atoms with Crippen LogP contribution in [0.4, 0.5) is 4.39 Å². The maximum absolute atomic E-state index is 13.6. The summed E-state index contributed by atoms with van der Waals surface area (Å²) in [5, 5.41) is 0. The van der Waals surface area contributed by atoms with Crippen molar-refractivity contribution in [3.63, 3.8) is 0 Å². The van der Waals surface area contributed by atoms with E-state index in [1.165, 1.54) is 17.5 Å². The van der Waals surface area contributed by atoms with Crippen molar-refractivity contribution >= 4 is 5.97 Å². The van der Waals surface area contributed by atoms with Gasteiger partial charge in [0.1, 0.15) is 11.4 Å². The summed E-state index contributed by atoms with van der Waals surface area (Å²) >= 11 is 0. The van der Waals surface area contributed by atoms with Crippen LogP contribution in [0, 0.1) is 23.1 Å². The third kappa shape index (κ3) is 2.10. The molecule has 1 spiro atoms. The number of halogens is 1. The van der Waals surface area contributed by atoms with Crippen LogP contribution in [0.2, 0.25) is 0 Å². The van der Waals surface area contributed by atoms with Crippen LogP contribution in [0.5, 0.6) is 0 Å². The molecule has 0 N–H and O–H groups in total. The molecule has 0 bridgehead atoms. The first-order valence-corrected chi connectivity index (χ1v) is 10.0. The Morgan fingerprint density at radius 2 is 2.00 bits per heavy atom. The Kier molecular flexibility index (Phi) is 3.37. The number of fused-ring (bicyclic) bond motifs is 6. The molecule has 1 heterocycles. The number of aryl methyl sites for hydroxylation is 1. The molecule has 0 amide bonds. The number of esters is 1. The molecule has 2 nitrogen and oxygen atoms in total. The van der Waals surface area contributed by atoms with Gasteiger partial charge < -0.3 is 4.74 Å². The Morgan fingerprint density at radius 1 is 1.12 bits per heavy atom. The Morgan fingerprint density at radius 3 is 2.84 bits per heavy atom. The van der Waals surface area contributed by atoms with Gasteiger partial charge in [-0.2, -0.15) is 0 Å². The van der Waals surface area contributed by atoms with Crippen molar-refractivity contribution in [2.24, 2.45) is 17.3 Å². The number of hydrogen-bond acceptors (Lipinski definition) is 2. The normalized spacial score (nSPS) is 42.5. The van der Waals surface area contributed by atoms with E-state index >= 15 is 0 Å². The second-order valence-corrected chi connectivity index (χ2v) is 9.08. The summed E-state index contributed by atoms with van der Waals surface area (Å²) in [7, 11) is 0. The molecule has 3 aliphatic carbocycles. The molecule has 0 radical (unpaired) electrons. The largest absolute Gasteiger partial charge is 0.458 e. The second-order valence-electron chi connectivity index (χ2n) is 9.08. The Hall–Kier alpha value is -1.38. The van der Waals surface area contributed by atoms with Crippen molar-refractivity contribution in [3.05, 3.63) is 35.1 Å². The van der Waals surface area contributed by atoms with Crippen LogP contribution in [-0.2, 0) is 16.0 Å². The minimum absolute atomic E-state index is 0.0136. The minimum Gasteiger partial charge on any atom is -0.458 e. The van der Waals surface area contributed by atoms with E-state index in [1.54, 1.807) is 12.1 Å². The number of rotatable bonds is 0. The van der Waals surface area contributed by atoms with Crippen LogP contribution in [0.15, 0.2) is 18.2 Å². The van der Waals surface area contributed by atoms with E-state index in [4.69, 9.17) is 4.74 Å². The molecular weight excluding hydrogens is 315 g/mol. The van der Waals surface area contributed by atoms with Gasteiger partial charge in [0, 0.05) is 11.8 Å². The predicted molar refractivity (Wildman–Crippen MR) is 93.7 cm³/mol. The van der Waals surface area contributed by atoms with Gasteiger partial charge in [0.2, 0.25) is 0 Å². The molecular formula is C22H27FO2. The van der Waals surface area contributed by atoms with Crippen LogP contribution in [0.1, 0.15) is 75.3 Å². The standard InChI is InChI=1S/C22H27FO2/c1-21-11-8-17-16-7-5-15(23)13-14(16)4-6-18(17)19(21)9-12-22(21)10-2-3-20(24)25-22/h5,7,13,17-19H,2-4,6,8-12H2,1H3/t17?,18?,19?,21-,22-/m0/s1. The summed E-state index contributed by atoms with van der Waals surface area (Å²) in [6.45, 7) is 2.40. The Bertz CT molecular complexity index is 729. The molecule has 3 fully saturated rings. The van der Waals surface area contributed by atoms with Gasteiger partial charge in [-0.3, -0.25) is 4.79 Å². The van der Waals surface area contributed by atoms with Gasteiger partial charge in [-0.25, -0.2) is 4.39 Å². The van der Waals surface area contributed by atoms with Crippen LogP contribution in [0.25, 0.3) is 0 Å². The molecule has 1 saturated heterocycles. The zero-order chi connectivity index (χ0) is 17.2. The van der Waals surface area contributed by atoms with Gasteiger partial charge in [0.05, 0.1) is 0 Å². The zero-order valence-electron chi connectivity index (χ0n) is 15.0. The molecule has 25 heavy (non-hydrogen) atoms. The molecule has 1 aromatic rings. The molecule has 1 aromatic carbocycles. The highest BCUT2D eigenvalue weighted by Crippen LogP contribution is 2.66. The van der Waals surface area contributed by atoms with Crippen LogP contribution in [-0.4, -0.2) is 11.6 Å². The first-order valence-electron chi connectivity index (χ1n) is 10.0. The smallest absolute Gasteiger partial charge is 0.306 e. The summed E-state index contributed by atoms with van der Waals surface area (Å²) in [5.41, 5.74) is 2.53. The van der Waals surface area contributed by atoms with E-state index in [1.807, 2.05) is 6.07 Å². The van der Waals surface area contributed by atoms with Crippen molar-refractivity contribution in [1.82, 2.24) is 0 Å². The molecule has 3 heteroatoms. The molecule has 2 saturated carbocycles. The van der Waals surface area contributed by atoms with Gasteiger partial charge in [-0.05, 0) is 92.4 Å². The van der Waals surface area contributed by atoms with Gasteiger partial charge in [0.15, 0.2) is 0 Å². The lowest BCUT2D eigenvalue weighted by Gasteiger charge is -2.55. The summed E-state index contributed by atoms with van der Waals surface area (Å²) in [5.74, 6) is 1.77. The molecule has 5 atom stereocenters. The predicted octanol–water partition coefficient (Wildman–Crippen LogP) is 5.15. The molecule has 0 aromatic heterocycles. The van der Waals surface area contributed by atoms with E-state index in [9.17, 15) is 9.18 Å². The van der Waals surface area contributed by atoms with Crippen molar-refractivity contribution in [2.45, 2.75) is 76.2 Å². The van der Waals surface area contributed by atoms with Crippen molar-refractivity contribution in [1.29, 1.82) is 0 Å². The van der Waals surface area contributed by atoms with E-state index in [0.717, 1.165) is 44.9 Å². The number of benzene rings is 1. The Labute approximate surface area is 149 Å². The van der Waals surface area contributed by atoms with Crippen LogP contribution < -0.4 is 0 Å². The van der Waals surface area contributed by atoms with E-state index in [-0.39, 0.29) is 22.8 Å². The highest BCUT2D eigenvalue weighted by molar-refractivity contribution is 5.71. The van der Waals surface area contributed by atoms with Gasteiger partial charge in [-0.1, -0.05) is 13.0 Å². The van der Waals surface area contributed by atoms with Crippen LogP contribution >= 0.6 is 0 Å². The topological polar surface area (TPSA) is 26.3 Å². The summed E-state index contributed by atoms with van der Waals surface area (Å²) in [6, 6.07) is 5.42. The fourth-order valence-electron chi connectivity index (χ4n) is 7.06. The lowest BCUT2D eigenvalue weighted by molar-refractivity contribution is -0.190. The van der Waals surface area contributed by atoms with Gasteiger partial charge in [-0.15, -0.1) is 0 Å². The Balaban J connectivity index is 1.49. The monoisotopic (exact) mass is 342 g/mol. The fraction of sp³-hybridized carbons (Fsp3) is 0.682. The molecule has 3 unspecified atom stereocenters. The highest BCUT2D eigenvalue weighted by Gasteiger charge is 2.64. The van der Waals surface area contributed by atoms with Gasteiger partial charge in [0.25, 0.3) is 0 Å². The summed E-state index contributed by atoms with van der Waals surface area (Å²) < 4.78 is 19.7. The molecule has 4 aliphatic rings. The third-order valence-corrected chi connectivity index (χ3v) is 8.25. The average molecular weight is 342 g/mol. The first kappa shape index (κ1) is 15.8. The molecule has 5 rings (SSSR count). The minimum atomic E-state index is -0.207. The van der Waals surface area contributed by atoms with Crippen molar-refractivity contribution < 1.29 is 13.9 Å². The number of hydrogen-bond donors (Lipinski definition) is 0. The van der Waals surface area contributed by atoms with Crippen molar-refractivity contribution in [2.75, 3.05) is 0 Å². The SMILES string of the molecule is C[C@]12CCC3c4ccc(F)cc4CCC3C1CC[C@@]21CCCC(=O)O1. The van der Waals surface area contributed by atoms with E-state index < -0.39 is 0 Å². The first-order chi connectivity index (χ1) is 12.0. The highest BCUT2D eigenvalue weighted by atomic mass is 19.1. The lowest BCUT2D eigenvalue weighted by atomic mass is 9.52. The number of carbonyl (C=O) groups is 1. The lowest BCUT2D eigenvalue weighted by Crippen LogP contribution is -2.54. The second kappa shape index (κ2) is 5.31. The zero-order valence-corrected chi connectivity index (χ0v) is 15.0. The van der Waals surface area contributed by atoms with Crippen LogP contribution in [0.3, 0.4) is 0 Å². The molecule has 1 aliphatic heterocycles. The van der Waals surface area contributed by atoms with E-state index in [2.05, 4.69) is 6.92 Å². The maximum Gasteiger partial charge on any atom is 0.306 e. The van der Waals surface area contributed by atoms with E-state index in [0.29, 0.717) is 24.2 Å². The summed E-state index contributed by atoms with van der Waals surface area (Å²) in [4.78, 5) is 12.1. The number of ether oxygens (including phenoxy) is 1. The fourth-order valence-corrected chi connectivity index (χ4v) is 7.06. The third-order valence-electron chi connectivity index (χ3n) is 8.25. The van der Waals surface area contributed by atoms with Gasteiger partial charge >= 0.3 is 5.97 Å². The number of carbonyl (C=O) groups excluding carboxylic acids is 1. The quantitative estimate of drug-likeness (QED) is 0.610. The summed E-state index contributed by atoms with van der Waals surface area (Å²) in [6.07, 6.45) is 9.27. The average Bonchev–Trinajstić information content (AvgIpc) is 2.86. The molecule has 134 valence electrons. The van der Waals surface area contributed by atoms with Crippen molar-refractivity contribution in [3.8, 4) is 0 Å². The maximum atomic E-state index is 13.6.